The summed E-state index contributed by atoms with van der Waals surface area (Å²) in [5.74, 6) is -0.726. The topological polar surface area (TPSA) is 78.5 Å². The van der Waals surface area contributed by atoms with Gasteiger partial charge in [0.05, 0.1) is 6.04 Å². The van der Waals surface area contributed by atoms with Crippen LogP contribution in [0.3, 0.4) is 0 Å². The monoisotopic (exact) mass is 417 g/mol. The summed E-state index contributed by atoms with van der Waals surface area (Å²) >= 11 is 7.49. The Morgan fingerprint density at radius 1 is 1.32 bits per heavy atom. The number of fused-ring (bicyclic) bond motifs is 2. The van der Waals surface area contributed by atoms with Gasteiger partial charge in [-0.25, -0.2) is 4.79 Å². The fourth-order valence-corrected chi connectivity index (χ4v) is 5.08. The number of thiophene rings is 1. The van der Waals surface area contributed by atoms with Crippen LogP contribution in [0.15, 0.2) is 35.7 Å². The van der Waals surface area contributed by atoms with Crippen molar-refractivity contribution in [3.8, 4) is 0 Å². The molecule has 28 heavy (non-hydrogen) atoms. The number of urea groups is 1. The second-order valence-corrected chi connectivity index (χ2v) is 8.62. The Morgan fingerprint density at radius 3 is 2.82 bits per heavy atom. The van der Waals surface area contributed by atoms with Gasteiger partial charge in [-0.3, -0.25) is 14.5 Å². The molecule has 2 N–H and O–H groups in total. The van der Waals surface area contributed by atoms with Gasteiger partial charge < -0.3 is 10.6 Å². The first-order chi connectivity index (χ1) is 13.4. The molecule has 1 aromatic carbocycles. The maximum atomic E-state index is 13.1. The molecule has 0 saturated carbocycles. The minimum Gasteiger partial charge on any atom is -0.348 e. The molecule has 4 amide bonds. The number of benzene rings is 1. The molecule has 0 radical (unpaired) electrons. The highest BCUT2D eigenvalue weighted by Crippen LogP contribution is 2.42. The summed E-state index contributed by atoms with van der Waals surface area (Å²) in [4.78, 5) is 40.3. The average molecular weight is 418 g/mol. The lowest BCUT2D eigenvalue weighted by atomic mass is 9.80. The van der Waals surface area contributed by atoms with Crippen molar-refractivity contribution in [3.05, 3.63) is 56.7 Å². The van der Waals surface area contributed by atoms with Gasteiger partial charge in [0.15, 0.2) is 0 Å². The SMILES string of the molecule is C[C@@H](NC(=O)CN1C(=O)N[C@@]2(CCCc3sccc32)C1=O)c1ccc(Cl)cc1. The molecule has 1 saturated heterocycles. The Hall–Kier alpha value is -2.38. The minimum atomic E-state index is -1.02. The maximum Gasteiger partial charge on any atom is 0.325 e. The van der Waals surface area contributed by atoms with Gasteiger partial charge in [0.1, 0.15) is 12.1 Å². The van der Waals surface area contributed by atoms with Crippen molar-refractivity contribution in [3.63, 3.8) is 0 Å². The molecule has 1 spiro atoms. The van der Waals surface area contributed by atoms with E-state index in [0.29, 0.717) is 11.4 Å². The van der Waals surface area contributed by atoms with Crippen LogP contribution >= 0.6 is 22.9 Å². The van der Waals surface area contributed by atoms with Gasteiger partial charge in [0.25, 0.3) is 5.91 Å². The van der Waals surface area contributed by atoms with Crippen LogP contribution in [0.1, 0.15) is 41.8 Å². The van der Waals surface area contributed by atoms with E-state index in [-0.39, 0.29) is 24.4 Å². The van der Waals surface area contributed by atoms with Crippen LogP contribution in [0, 0.1) is 0 Å². The molecule has 8 heteroatoms. The zero-order valence-corrected chi connectivity index (χ0v) is 16.9. The Labute approximate surface area is 171 Å². The predicted molar refractivity (Wildman–Crippen MR) is 107 cm³/mol. The molecule has 2 aromatic rings. The molecule has 4 rings (SSSR count). The number of aryl methyl sites for hydroxylation is 1. The number of nitrogens with one attached hydrogen (secondary N) is 2. The third kappa shape index (κ3) is 3.18. The van der Waals surface area contributed by atoms with Crippen LogP contribution in [0.25, 0.3) is 0 Å². The normalized spacial score (nSPS) is 22.1. The Kier molecular flexibility index (Phi) is 4.89. The Balaban J connectivity index is 1.47. The first kappa shape index (κ1) is 19.0. The smallest absolute Gasteiger partial charge is 0.325 e. The fourth-order valence-electron chi connectivity index (χ4n) is 3.95. The second-order valence-electron chi connectivity index (χ2n) is 7.18. The molecule has 146 valence electrons. The number of nitrogens with zero attached hydrogens (tertiary/aromatic N) is 1. The van der Waals surface area contributed by atoms with Gasteiger partial charge in [0.2, 0.25) is 5.91 Å². The summed E-state index contributed by atoms with van der Waals surface area (Å²) in [5, 5.41) is 8.26. The molecule has 1 aliphatic carbocycles. The van der Waals surface area contributed by atoms with Crippen LogP contribution in [-0.2, 0) is 21.5 Å². The van der Waals surface area contributed by atoms with Gasteiger partial charge in [-0.2, -0.15) is 0 Å². The molecule has 0 bridgehead atoms. The number of halogens is 1. The van der Waals surface area contributed by atoms with Crippen LogP contribution in [0.4, 0.5) is 4.79 Å². The highest BCUT2D eigenvalue weighted by molar-refractivity contribution is 7.10. The summed E-state index contributed by atoms with van der Waals surface area (Å²) in [6.07, 6.45) is 2.30. The molecular formula is C20H20ClN3O3S. The first-order valence-electron chi connectivity index (χ1n) is 9.16. The van der Waals surface area contributed by atoms with Crippen molar-refractivity contribution in [1.82, 2.24) is 15.5 Å². The highest BCUT2D eigenvalue weighted by atomic mass is 35.5. The molecular weight excluding hydrogens is 398 g/mol. The van der Waals surface area contributed by atoms with E-state index in [2.05, 4.69) is 10.6 Å². The van der Waals surface area contributed by atoms with E-state index in [4.69, 9.17) is 11.6 Å². The highest BCUT2D eigenvalue weighted by Gasteiger charge is 2.54. The summed E-state index contributed by atoms with van der Waals surface area (Å²) < 4.78 is 0. The fraction of sp³-hybridized carbons (Fsp3) is 0.350. The van der Waals surface area contributed by atoms with E-state index in [0.717, 1.165) is 33.7 Å². The van der Waals surface area contributed by atoms with E-state index in [1.165, 1.54) is 0 Å². The van der Waals surface area contributed by atoms with Crippen LogP contribution < -0.4 is 10.6 Å². The molecule has 0 unspecified atom stereocenters. The van der Waals surface area contributed by atoms with Crippen LogP contribution in [-0.4, -0.2) is 29.3 Å². The van der Waals surface area contributed by atoms with E-state index in [1.54, 1.807) is 23.5 Å². The van der Waals surface area contributed by atoms with Crippen LogP contribution in [0.5, 0.6) is 0 Å². The van der Waals surface area contributed by atoms with E-state index in [1.807, 2.05) is 30.5 Å². The maximum absolute atomic E-state index is 13.1. The summed E-state index contributed by atoms with van der Waals surface area (Å²) in [6.45, 7) is 1.54. The lowest BCUT2D eigenvalue weighted by Gasteiger charge is -2.31. The van der Waals surface area contributed by atoms with Crippen molar-refractivity contribution < 1.29 is 14.4 Å². The standard InChI is InChI=1S/C20H20ClN3O3S/c1-12(13-4-6-14(21)7-5-13)22-17(25)11-24-18(26)20(23-19(24)27)9-2-3-16-15(20)8-10-28-16/h4-8,10,12H,2-3,9,11H2,1H3,(H,22,25)(H,23,27)/t12-,20-/m1/s1. The van der Waals surface area contributed by atoms with E-state index < -0.39 is 11.6 Å². The number of hydrogen-bond donors (Lipinski definition) is 2. The molecule has 1 fully saturated rings. The number of imide groups is 1. The van der Waals surface area contributed by atoms with E-state index in [9.17, 15) is 14.4 Å². The average Bonchev–Trinajstić information content (AvgIpc) is 3.23. The summed E-state index contributed by atoms with van der Waals surface area (Å²) in [6, 6.07) is 8.29. The van der Waals surface area contributed by atoms with Gasteiger partial charge >= 0.3 is 6.03 Å². The van der Waals surface area contributed by atoms with Gasteiger partial charge in [-0.15, -0.1) is 11.3 Å². The largest absolute Gasteiger partial charge is 0.348 e. The third-order valence-corrected chi connectivity index (χ3v) is 6.62. The predicted octanol–water partition coefficient (Wildman–Crippen LogP) is 3.36. The van der Waals surface area contributed by atoms with Crippen molar-refractivity contribution in [2.45, 2.75) is 37.8 Å². The molecule has 2 atom stereocenters. The van der Waals surface area contributed by atoms with E-state index >= 15 is 0 Å². The molecule has 1 aromatic heterocycles. The zero-order valence-electron chi connectivity index (χ0n) is 15.3. The number of rotatable bonds is 4. The summed E-state index contributed by atoms with van der Waals surface area (Å²) in [5.41, 5.74) is 0.744. The molecule has 6 nitrogen and oxygen atoms in total. The molecule has 2 heterocycles. The lowest BCUT2D eigenvalue weighted by Crippen LogP contribution is -2.47. The van der Waals surface area contributed by atoms with Crippen molar-refractivity contribution in [2.24, 2.45) is 0 Å². The first-order valence-corrected chi connectivity index (χ1v) is 10.4. The third-order valence-electron chi connectivity index (χ3n) is 5.39. The van der Waals surface area contributed by atoms with Crippen LogP contribution in [0.2, 0.25) is 5.02 Å². The quantitative estimate of drug-likeness (QED) is 0.748. The second kappa shape index (κ2) is 7.22. The van der Waals surface area contributed by atoms with Gasteiger partial charge in [-0.1, -0.05) is 23.7 Å². The van der Waals surface area contributed by atoms with Crippen molar-refractivity contribution in [1.29, 1.82) is 0 Å². The lowest BCUT2D eigenvalue weighted by molar-refractivity contribution is -0.135. The molecule has 1 aliphatic heterocycles. The molecule has 2 aliphatic rings. The zero-order chi connectivity index (χ0) is 19.9. The number of carbonyl (C=O) groups is 3. The van der Waals surface area contributed by atoms with Crippen molar-refractivity contribution >= 4 is 40.8 Å². The Morgan fingerprint density at radius 2 is 2.07 bits per heavy atom. The number of carbonyl (C=O) groups excluding carboxylic acids is 3. The number of amides is 4. The minimum absolute atomic E-state index is 0.266. The Bertz CT molecular complexity index is 942. The summed E-state index contributed by atoms with van der Waals surface area (Å²) in [7, 11) is 0. The van der Waals surface area contributed by atoms with Gasteiger partial charge in [-0.05, 0) is 55.3 Å². The number of hydrogen-bond acceptors (Lipinski definition) is 4. The van der Waals surface area contributed by atoms with Gasteiger partial charge in [0, 0.05) is 15.5 Å². The van der Waals surface area contributed by atoms with Crippen molar-refractivity contribution in [2.75, 3.05) is 6.54 Å².